The van der Waals surface area contributed by atoms with Gasteiger partial charge in [0.05, 0.1) is 10.4 Å². The predicted molar refractivity (Wildman–Crippen MR) is 43.5 cm³/mol. The summed E-state index contributed by atoms with van der Waals surface area (Å²) in [6.07, 6.45) is 0. The first-order valence-electron chi connectivity index (χ1n) is 3.07. The molecular weight excluding hydrogens is 275 g/mol. The Kier molecular flexibility index (Phi) is 3.18. The summed E-state index contributed by atoms with van der Waals surface area (Å²) in [5, 5.41) is 0. The van der Waals surface area contributed by atoms with Crippen molar-refractivity contribution in [2.75, 3.05) is 0 Å². The molecule has 13 heavy (non-hydrogen) atoms. The fraction of sp³-hybridized carbons (Fsp3) is 0.143. The zero-order valence-corrected chi connectivity index (χ0v) is 8.32. The van der Waals surface area contributed by atoms with Crippen molar-refractivity contribution >= 4 is 27.5 Å². The van der Waals surface area contributed by atoms with Gasteiger partial charge in [0.1, 0.15) is 0 Å². The van der Waals surface area contributed by atoms with Crippen LogP contribution in [0.1, 0.15) is 5.56 Å². The summed E-state index contributed by atoms with van der Waals surface area (Å²) in [5.74, 6) is -7.09. The van der Waals surface area contributed by atoms with Crippen LogP contribution in [0.3, 0.4) is 0 Å². The molecule has 0 aliphatic rings. The Morgan fingerprint density at radius 1 is 0.923 bits per heavy atom. The van der Waals surface area contributed by atoms with Gasteiger partial charge in [-0.05, 0) is 15.9 Å². The minimum atomic E-state index is -1.85. The topological polar surface area (TPSA) is 0 Å². The summed E-state index contributed by atoms with van der Waals surface area (Å²) >= 11 is 7.78. The lowest BCUT2D eigenvalue weighted by atomic mass is 10.2. The van der Waals surface area contributed by atoms with E-state index in [1.165, 1.54) is 0 Å². The zero-order valence-electron chi connectivity index (χ0n) is 5.97. The normalized spacial score (nSPS) is 10.6. The third-order valence-electron chi connectivity index (χ3n) is 1.43. The van der Waals surface area contributed by atoms with E-state index in [0.717, 1.165) is 0 Å². The molecule has 0 aliphatic heterocycles. The smallest absolute Gasteiger partial charge is 0.198 e. The molecule has 0 fully saturated rings. The highest BCUT2D eigenvalue weighted by Gasteiger charge is 2.22. The van der Waals surface area contributed by atoms with Crippen molar-refractivity contribution < 1.29 is 17.6 Å². The van der Waals surface area contributed by atoms with Gasteiger partial charge in [-0.2, -0.15) is 0 Å². The fourth-order valence-corrected chi connectivity index (χ4v) is 1.67. The van der Waals surface area contributed by atoms with Crippen molar-refractivity contribution in [3.05, 3.63) is 33.3 Å². The van der Waals surface area contributed by atoms with Crippen LogP contribution in [0.2, 0.25) is 0 Å². The number of benzene rings is 1. The molecular formula is C7H2BrClF4. The van der Waals surface area contributed by atoms with E-state index in [4.69, 9.17) is 11.6 Å². The molecule has 0 saturated heterocycles. The molecule has 0 bridgehead atoms. The molecule has 0 nitrogen and oxygen atoms in total. The number of hydrogen-bond acceptors (Lipinski definition) is 0. The van der Waals surface area contributed by atoms with Crippen molar-refractivity contribution in [1.29, 1.82) is 0 Å². The van der Waals surface area contributed by atoms with Gasteiger partial charge in [-0.25, -0.2) is 17.6 Å². The highest BCUT2D eigenvalue weighted by atomic mass is 79.9. The molecule has 0 aromatic heterocycles. The highest BCUT2D eigenvalue weighted by molar-refractivity contribution is 9.10. The van der Waals surface area contributed by atoms with E-state index in [9.17, 15) is 17.6 Å². The van der Waals surface area contributed by atoms with Gasteiger partial charge in [-0.3, -0.25) is 0 Å². The van der Waals surface area contributed by atoms with Crippen LogP contribution in [-0.4, -0.2) is 0 Å². The number of hydrogen-bond donors (Lipinski definition) is 0. The number of halogens is 6. The Morgan fingerprint density at radius 3 is 1.85 bits per heavy atom. The SMILES string of the molecule is Fc1c(F)c(F)c(CCl)c(Br)c1F. The molecule has 1 aromatic rings. The van der Waals surface area contributed by atoms with Gasteiger partial charge in [0.2, 0.25) is 0 Å². The van der Waals surface area contributed by atoms with Crippen LogP contribution in [-0.2, 0) is 5.88 Å². The number of alkyl halides is 1. The minimum absolute atomic E-state index is 0.432. The number of rotatable bonds is 1. The van der Waals surface area contributed by atoms with Crippen molar-refractivity contribution in [1.82, 2.24) is 0 Å². The molecule has 0 aliphatic carbocycles. The lowest BCUT2D eigenvalue weighted by molar-refractivity contribution is 0.402. The molecule has 0 N–H and O–H groups in total. The Morgan fingerprint density at radius 2 is 1.38 bits per heavy atom. The minimum Gasteiger partial charge on any atom is -0.203 e. The van der Waals surface area contributed by atoms with Gasteiger partial charge < -0.3 is 0 Å². The molecule has 6 heteroatoms. The quantitative estimate of drug-likeness (QED) is 0.317. The van der Waals surface area contributed by atoms with Crippen molar-refractivity contribution in [2.24, 2.45) is 0 Å². The first-order chi connectivity index (χ1) is 6.00. The summed E-state index contributed by atoms with van der Waals surface area (Å²) in [6.45, 7) is 0. The maximum absolute atomic E-state index is 12.8. The molecule has 0 heterocycles. The predicted octanol–water partition coefficient (Wildman–Crippen LogP) is 3.74. The summed E-state index contributed by atoms with van der Waals surface area (Å²) in [4.78, 5) is 0. The van der Waals surface area contributed by atoms with Crippen LogP contribution in [0, 0.1) is 23.3 Å². The van der Waals surface area contributed by atoms with Gasteiger partial charge in [-0.1, -0.05) is 0 Å². The Balaban J connectivity index is 3.56. The van der Waals surface area contributed by atoms with Gasteiger partial charge in [0, 0.05) is 5.56 Å². The van der Waals surface area contributed by atoms with Crippen LogP contribution in [0.4, 0.5) is 17.6 Å². The van der Waals surface area contributed by atoms with Crippen molar-refractivity contribution in [3.8, 4) is 0 Å². The van der Waals surface area contributed by atoms with Crippen LogP contribution in [0.5, 0.6) is 0 Å². The van der Waals surface area contributed by atoms with Gasteiger partial charge in [-0.15, -0.1) is 11.6 Å². The molecule has 1 aromatic carbocycles. The van der Waals surface area contributed by atoms with Gasteiger partial charge in [0.25, 0.3) is 0 Å². The van der Waals surface area contributed by atoms with E-state index in [-0.39, 0.29) is 0 Å². The van der Waals surface area contributed by atoms with E-state index < -0.39 is 39.2 Å². The third kappa shape index (κ3) is 1.67. The monoisotopic (exact) mass is 276 g/mol. The van der Waals surface area contributed by atoms with Crippen LogP contribution in [0.15, 0.2) is 4.47 Å². The molecule has 0 saturated carbocycles. The Labute approximate surface area is 84.6 Å². The van der Waals surface area contributed by atoms with Crippen LogP contribution in [0.25, 0.3) is 0 Å². The Hall–Kier alpha value is -0.290. The lowest BCUT2D eigenvalue weighted by Gasteiger charge is -2.05. The molecule has 0 unspecified atom stereocenters. The molecule has 0 spiro atoms. The van der Waals surface area contributed by atoms with E-state index in [2.05, 4.69) is 15.9 Å². The standard InChI is InChI=1S/C7H2BrClF4/c8-3-2(1-9)4(10)6(12)7(13)5(3)11/h1H2. The van der Waals surface area contributed by atoms with E-state index in [0.29, 0.717) is 0 Å². The van der Waals surface area contributed by atoms with Crippen LogP contribution >= 0.6 is 27.5 Å². The van der Waals surface area contributed by atoms with E-state index >= 15 is 0 Å². The van der Waals surface area contributed by atoms with Crippen molar-refractivity contribution in [2.45, 2.75) is 5.88 Å². The molecule has 0 amide bonds. The highest BCUT2D eigenvalue weighted by Crippen LogP contribution is 2.29. The van der Waals surface area contributed by atoms with E-state index in [1.807, 2.05) is 0 Å². The first kappa shape index (κ1) is 10.8. The summed E-state index contributed by atoms with van der Waals surface area (Å²) in [7, 11) is 0. The average molecular weight is 277 g/mol. The maximum Gasteiger partial charge on any atom is 0.198 e. The maximum atomic E-state index is 12.8. The first-order valence-corrected chi connectivity index (χ1v) is 4.39. The van der Waals surface area contributed by atoms with Gasteiger partial charge >= 0.3 is 0 Å². The Bertz CT molecular complexity index is 324. The second kappa shape index (κ2) is 3.84. The summed E-state index contributed by atoms with van der Waals surface area (Å²) < 4.78 is 50.1. The lowest BCUT2D eigenvalue weighted by Crippen LogP contribution is -2.02. The summed E-state index contributed by atoms with van der Waals surface area (Å²) in [6, 6.07) is 0. The summed E-state index contributed by atoms with van der Waals surface area (Å²) in [5.41, 5.74) is -0.432. The molecule has 1 rings (SSSR count). The van der Waals surface area contributed by atoms with Crippen molar-refractivity contribution in [3.63, 3.8) is 0 Å². The largest absolute Gasteiger partial charge is 0.203 e. The van der Waals surface area contributed by atoms with Crippen LogP contribution < -0.4 is 0 Å². The molecule has 72 valence electrons. The second-order valence-electron chi connectivity index (χ2n) is 2.18. The third-order valence-corrected chi connectivity index (χ3v) is 2.53. The zero-order chi connectivity index (χ0) is 10.2. The van der Waals surface area contributed by atoms with Gasteiger partial charge in [0.15, 0.2) is 23.3 Å². The van der Waals surface area contributed by atoms with E-state index in [1.54, 1.807) is 0 Å². The molecule has 0 radical (unpaired) electrons. The second-order valence-corrected chi connectivity index (χ2v) is 3.24. The fourth-order valence-electron chi connectivity index (χ4n) is 0.768. The molecule has 0 atom stereocenters. The average Bonchev–Trinajstić information content (AvgIpc) is 2.13.